The number of aromatic amines is 1. The number of hydrogen-bond donors (Lipinski definition) is 5. The molecule has 15 nitrogen and oxygen atoms in total. The quantitative estimate of drug-likeness (QED) is 0.238. The normalized spacial score (nSPS) is 16.0. The third-order valence-corrected chi connectivity index (χ3v) is 5.74. The van der Waals surface area contributed by atoms with Crippen molar-refractivity contribution in [3.8, 4) is 0 Å². The highest BCUT2D eigenvalue weighted by Crippen LogP contribution is 2.31. The van der Waals surface area contributed by atoms with Crippen LogP contribution >= 0.6 is 0 Å². The van der Waals surface area contributed by atoms with Crippen LogP contribution in [0.1, 0.15) is 45.0 Å². The van der Waals surface area contributed by atoms with Gasteiger partial charge in [-0.25, -0.2) is 4.98 Å². The van der Waals surface area contributed by atoms with Gasteiger partial charge in [-0.1, -0.05) is 25.1 Å². The van der Waals surface area contributed by atoms with E-state index in [1.54, 1.807) is 26.0 Å². The molecule has 1 aliphatic rings. The molecule has 3 rings (SSSR count). The molecular formula is C22H29N9O6. The number of carboxylic acid groups (broad SMARTS) is 1. The van der Waals surface area contributed by atoms with Gasteiger partial charge in [-0.15, -0.1) is 10.2 Å². The summed E-state index contributed by atoms with van der Waals surface area (Å²) < 4.78 is 0. The van der Waals surface area contributed by atoms with E-state index in [1.165, 1.54) is 18.0 Å². The Kier molecular flexibility index (Phi) is 8.81. The summed E-state index contributed by atoms with van der Waals surface area (Å²) >= 11 is 0. The van der Waals surface area contributed by atoms with E-state index in [1.807, 2.05) is 0 Å². The maximum absolute atomic E-state index is 13.8. The van der Waals surface area contributed by atoms with Crippen molar-refractivity contribution in [2.75, 3.05) is 4.90 Å². The predicted octanol–water partition coefficient (Wildman–Crippen LogP) is -1.32. The number of H-pyrrole nitrogens is 1. The maximum Gasteiger partial charge on any atom is 0.303 e. The van der Waals surface area contributed by atoms with Gasteiger partial charge in [0.25, 0.3) is 5.91 Å². The number of hydrogen-bond acceptors (Lipinski definition) is 9. The number of aromatic nitrogens is 5. The molecule has 0 spiro atoms. The highest BCUT2D eigenvalue weighted by Gasteiger charge is 2.42. The second kappa shape index (κ2) is 12.0. The molecule has 0 aliphatic carbocycles. The molecule has 2 aromatic rings. The van der Waals surface area contributed by atoms with Crippen LogP contribution in [0.15, 0.2) is 18.3 Å². The Morgan fingerprint density at radius 3 is 2.59 bits per heavy atom. The zero-order valence-corrected chi connectivity index (χ0v) is 20.6. The van der Waals surface area contributed by atoms with Crippen molar-refractivity contribution in [3.63, 3.8) is 0 Å². The molecule has 198 valence electrons. The molecule has 3 atom stereocenters. The molecule has 2 unspecified atom stereocenters. The molecule has 0 fully saturated rings. The van der Waals surface area contributed by atoms with E-state index in [9.17, 15) is 29.1 Å². The number of carboxylic acids is 1. The van der Waals surface area contributed by atoms with E-state index >= 15 is 0 Å². The van der Waals surface area contributed by atoms with Crippen molar-refractivity contribution in [3.05, 3.63) is 29.7 Å². The number of aliphatic carboxylic acids is 1. The molecule has 5 N–H and O–H groups in total. The van der Waals surface area contributed by atoms with Crippen LogP contribution in [-0.4, -0.2) is 78.4 Å². The molecule has 1 aliphatic heterocycles. The topological polar surface area (TPSA) is 212 Å². The zero-order chi connectivity index (χ0) is 27.1. The summed E-state index contributed by atoms with van der Waals surface area (Å²) in [5.74, 6) is -3.28. The fourth-order valence-corrected chi connectivity index (χ4v) is 3.97. The van der Waals surface area contributed by atoms with Gasteiger partial charge in [0.05, 0.1) is 6.54 Å². The van der Waals surface area contributed by atoms with Crippen LogP contribution in [0.3, 0.4) is 0 Å². The van der Waals surface area contributed by atoms with Gasteiger partial charge in [0.2, 0.25) is 17.7 Å². The second-order valence-corrected chi connectivity index (χ2v) is 8.88. The third kappa shape index (κ3) is 6.83. The number of anilines is 1. The van der Waals surface area contributed by atoms with Crippen molar-refractivity contribution in [2.45, 2.75) is 64.7 Å². The van der Waals surface area contributed by atoms with Gasteiger partial charge >= 0.3 is 5.97 Å². The van der Waals surface area contributed by atoms with Gasteiger partial charge in [0.1, 0.15) is 23.9 Å². The predicted molar refractivity (Wildman–Crippen MR) is 126 cm³/mol. The molecule has 0 saturated carbocycles. The molecule has 37 heavy (non-hydrogen) atoms. The first-order valence-corrected chi connectivity index (χ1v) is 11.6. The van der Waals surface area contributed by atoms with Gasteiger partial charge in [0.15, 0.2) is 5.82 Å². The summed E-state index contributed by atoms with van der Waals surface area (Å²) in [4.78, 5) is 68.3. The average molecular weight is 516 g/mol. The standard InChI is InChI=1S/C22H29N9O6/c1-11(2)18(25-12(3)32)21(36)26-14(6-7-17(33)34)22(37)31-15(9-13-5-4-8-23-19(13)31)20(35)24-10-16-27-29-30-28-16/h4-5,8,11,14-15,18H,6-7,9-10H2,1-3H3,(H,24,35)(H,25,32)(H,26,36)(H,33,34)(H,27,28,29,30)/t14?,15-,18?/m0/s1. The fraction of sp³-hybridized carbons (Fsp3) is 0.500. The highest BCUT2D eigenvalue weighted by atomic mass is 16.4. The van der Waals surface area contributed by atoms with Crippen molar-refractivity contribution >= 4 is 35.4 Å². The molecule has 0 aromatic carbocycles. The monoisotopic (exact) mass is 515 g/mol. The Hall–Kier alpha value is -4.43. The van der Waals surface area contributed by atoms with E-state index in [0.29, 0.717) is 5.56 Å². The number of carbonyl (C=O) groups is 5. The number of amides is 4. The van der Waals surface area contributed by atoms with E-state index in [-0.39, 0.29) is 36.9 Å². The average Bonchev–Trinajstić information content (AvgIpc) is 3.50. The number of tetrazole rings is 1. The fourth-order valence-electron chi connectivity index (χ4n) is 3.97. The Bertz CT molecular complexity index is 1150. The van der Waals surface area contributed by atoms with Gasteiger partial charge in [-0.3, -0.25) is 28.9 Å². The van der Waals surface area contributed by atoms with Crippen molar-refractivity contribution in [1.82, 2.24) is 41.6 Å². The number of nitrogens with one attached hydrogen (secondary N) is 4. The highest BCUT2D eigenvalue weighted by molar-refractivity contribution is 6.06. The van der Waals surface area contributed by atoms with Gasteiger partial charge < -0.3 is 21.1 Å². The summed E-state index contributed by atoms with van der Waals surface area (Å²) in [6.07, 6.45) is 0.976. The van der Waals surface area contributed by atoms with Crippen LogP contribution < -0.4 is 20.9 Å². The first kappa shape index (κ1) is 27.2. The minimum absolute atomic E-state index is 0.0381. The smallest absolute Gasteiger partial charge is 0.303 e. The molecule has 0 radical (unpaired) electrons. The van der Waals surface area contributed by atoms with Gasteiger partial charge in [0, 0.05) is 26.0 Å². The lowest BCUT2D eigenvalue weighted by Gasteiger charge is -2.30. The summed E-state index contributed by atoms with van der Waals surface area (Å²) in [7, 11) is 0. The number of carbonyl (C=O) groups excluding carboxylic acids is 4. The third-order valence-electron chi connectivity index (χ3n) is 5.74. The van der Waals surface area contributed by atoms with Crippen LogP contribution in [0.4, 0.5) is 5.82 Å². The van der Waals surface area contributed by atoms with Crippen molar-refractivity contribution in [2.24, 2.45) is 5.92 Å². The molecule has 15 heteroatoms. The lowest BCUT2D eigenvalue weighted by Crippen LogP contribution is -2.58. The minimum atomic E-state index is -1.29. The molecule has 2 aromatic heterocycles. The van der Waals surface area contributed by atoms with Crippen molar-refractivity contribution in [1.29, 1.82) is 0 Å². The van der Waals surface area contributed by atoms with Crippen LogP contribution in [-0.2, 0) is 36.9 Å². The van der Waals surface area contributed by atoms with Gasteiger partial charge in [-0.2, -0.15) is 5.21 Å². The van der Waals surface area contributed by atoms with Crippen LogP contribution in [0, 0.1) is 5.92 Å². The summed E-state index contributed by atoms with van der Waals surface area (Å²) in [5.41, 5.74) is 0.636. The summed E-state index contributed by atoms with van der Waals surface area (Å²) in [5, 5.41) is 30.3. The lowest BCUT2D eigenvalue weighted by atomic mass is 10.0. The number of pyridine rings is 1. The lowest BCUT2D eigenvalue weighted by molar-refractivity contribution is -0.138. The van der Waals surface area contributed by atoms with Crippen molar-refractivity contribution < 1.29 is 29.1 Å². The van der Waals surface area contributed by atoms with Crippen LogP contribution in [0.25, 0.3) is 0 Å². The first-order chi connectivity index (χ1) is 17.6. The van der Waals surface area contributed by atoms with E-state index in [4.69, 9.17) is 0 Å². The largest absolute Gasteiger partial charge is 0.481 e. The SMILES string of the molecule is CC(=O)NC(C(=O)NC(CCC(=O)O)C(=O)N1c2ncccc2C[C@H]1C(=O)NCc1nn[nH]n1)C(C)C. The van der Waals surface area contributed by atoms with E-state index < -0.39 is 54.1 Å². The van der Waals surface area contributed by atoms with E-state index in [0.717, 1.165) is 0 Å². The minimum Gasteiger partial charge on any atom is -0.481 e. The molecule has 0 saturated heterocycles. The van der Waals surface area contributed by atoms with Crippen LogP contribution in [0.2, 0.25) is 0 Å². The van der Waals surface area contributed by atoms with Crippen LogP contribution in [0.5, 0.6) is 0 Å². The summed E-state index contributed by atoms with van der Waals surface area (Å²) in [6.45, 7) is 4.67. The second-order valence-electron chi connectivity index (χ2n) is 8.88. The zero-order valence-electron chi connectivity index (χ0n) is 20.6. The Morgan fingerprint density at radius 1 is 1.22 bits per heavy atom. The number of fused-ring (bicyclic) bond motifs is 1. The molecular weight excluding hydrogens is 486 g/mol. The Balaban J connectivity index is 1.87. The molecule has 3 heterocycles. The number of rotatable bonds is 11. The molecule has 4 amide bonds. The number of nitrogens with zero attached hydrogens (tertiary/aromatic N) is 5. The molecule has 0 bridgehead atoms. The van der Waals surface area contributed by atoms with E-state index in [2.05, 4.69) is 41.6 Å². The maximum atomic E-state index is 13.8. The van der Waals surface area contributed by atoms with Gasteiger partial charge in [-0.05, 0) is 24.0 Å². The summed E-state index contributed by atoms with van der Waals surface area (Å²) in [6, 6.07) is 0.149. The Labute approximate surface area is 211 Å². The Morgan fingerprint density at radius 2 is 1.97 bits per heavy atom. The first-order valence-electron chi connectivity index (χ1n) is 11.6.